The number of phosphoric ester groups is 1. The largest absolute Gasteiger partial charge is 0.469 e. The van der Waals surface area contributed by atoms with Gasteiger partial charge in [0.25, 0.3) is 0 Å². The van der Waals surface area contributed by atoms with Crippen molar-refractivity contribution in [2.75, 3.05) is 42.0 Å². The standard InChI is InChI=1S/C33H50N3O9P/c1-7-26(19-32(38)44-22-43-31(37)10-8-9-17-45-46(40,41)42)27-13-16-30(36(20-23(2)3)21-24(4)5)29(18-27)35-33(39)34-28-14-11-25(6)12-15-28/h11-16,18,23-24,26H,7-10,17,19-22H2,1-6H3,(H2,34,35,39)(H2,40,41,42)/t26-/m0/s1. The summed E-state index contributed by atoms with van der Waals surface area (Å²) in [4.78, 5) is 57.3. The Kier molecular flexibility index (Phi) is 16.2. The third-order valence-corrected chi connectivity index (χ3v) is 7.46. The first-order valence-electron chi connectivity index (χ1n) is 15.7. The highest BCUT2D eigenvalue weighted by atomic mass is 31.2. The zero-order valence-corrected chi connectivity index (χ0v) is 28.7. The summed E-state index contributed by atoms with van der Waals surface area (Å²) >= 11 is 0. The van der Waals surface area contributed by atoms with Crippen LogP contribution in [0.2, 0.25) is 0 Å². The maximum Gasteiger partial charge on any atom is 0.469 e. The molecule has 1 atom stereocenters. The van der Waals surface area contributed by atoms with E-state index in [-0.39, 0.29) is 37.8 Å². The van der Waals surface area contributed by atoms with Crippen LogP contribution in [0.1, 0.15) is 83.8 Å². The number of benzene rings is 2. The lowest BCUT2D eigenvalue weighted by atomic mass is 9.92. The first kappa shape index (κ1) is 38.7. The molecule has 12 nitrogen and oxygen atoms in total. The van der Waals surface area contributed by atoms with E-state index in [0.29, 0.717) is 36.1 Å². The first-order valence-corrected chi connectivity index (χ1v) is 17.2. The number of anilines is 3. The van der Waals surface area contributed by atoms with Gasteiger partial charge < -0.3 is 34.8 Å². The third-order valence-electron chi connectivity index (χ3n) is 6.94. The maximum atomic E-state index is 13.1. The number of phosphoric acid groups is 1. The van der Waals surface area contributed by atoms with Crippen LogP contribution in [0, 0.1) is 18.8 Å². The molecule has 0 aliphatic rings. The molecule has 0 radical (unpaired) electrons. The second kappa shape index (κ2) is 19.3. The smallest absolute Gasteiger partial charge is 0.428 e. The summed E-state index contributed by atoms with van der Waals surface area (Å²) in [6, 6.07) is 13.0. The number of carbonyl (C=O) groups is 3. The summed E-state index contributed by atoms with van der Waals surface area (Å²) in [5, 5.41) is 5.94. The van der Waals surface area contributed by atoms with Gasteiger partial charge in [-0.1, -0.05) is 58.4 Å². The van der Waals surface area contributed by atoms with Crippen LogP contribution in [0.25, 0.3) is 0 Å². The molecule has 2 amide bonds. The molecule has 0 unspecified atom stereocenters. The minimum atomic E-state index is -4.53. The Hall–Kier alpha value is -3.44. The Morgan fingerprint density at radius 3 is 2.11 bits per heavy atom. The lowest BCUT2D eigenvalue weighted by Crippen LogP contribution is -2.32. The van der Waals surface area contributed by atoms with Crippen LogP contribution in [0.15, 0.2) is 42.5 Å². The molecule has 0 aliphatic heterocycles. The number of rotatable bonds is 19. The number of aryl methyl sites for hydroxylation is 1. The highest BCUT2D eigenvalue weighted by Crippen LogP contribution is 2.36. The molecule has 0 spiro atoms. The average Bonchev–Trinajstić information content (AvgIpc) is 2.95. The fourth-order valence-electron chi connectivity index (χ4n) is 4.80. The molecule has 0 heterocycles. The van der Waals surface area contributed by atoms with Crippen molar-refractivity contribution in [2.45, 2.75) is 79.6 Å². The van der Waals surface area contributed by atoms with E-state index in [1.54, 1.807) is 0 Å². The molecule has 4 N–H and O–H groups in total. The molecular formula is C33H50N3O9P. The molecule has 2 aromatic carbocycles. The quantitative estimate of drug-likeness (QED) is 0.0534. The number of hydrogen-bond donors (Lipinski definition) is 4. The molecule has 0 bridgehead atoms. The van der Waals surface area contributed by atoms with E-state index in [1.807, 2.05) is 56.3 Å². The summed E-state index contributed by atoms with van der Waals surface area (Å²) in [6.45, 7) is 13.4. The normalized spacial score (nSPS) is 12.1. The van der Waals surface area contributed by atoms with Gasteiger partial charge >= 0.3 is 25.8 Å². The van der Waals surface area contributed by atoms with E-state index in [9.17, 15) is 18.9 Å². The third kappa shape index (κ3) is 15.2. The van der Waals surface area contributed by atoms with Crippen LogP contribution >= 0.6 is 7.82 Å². The molecular weight excluding hydrogens is 613 g/mol. The Labute approximate surface area is 272 Å². The van der Waals surface area contributed by atoms with E-state index in [2.05, 4.69) is 47.8 Å². The van der Waals surface area contributed by atoms with Crippen molar-refractivity contribution < 1.29 is 42.7 Å². The molecule has 0 aliphatic carbocycles. The number of urea groups is 1. The second-order valence-corrected chi connectivity index (χ2v) is 13.4. The topological polar surface area (TPSA) is 164 Å². The van der Waals surface area contributed by atoms with Gasteiger partial charge in [0.15, 0.2) is 0 Å². The number of unbranched alkanes of at least 4 members (excludes halogenated alkanes) is 1. The molecule has 2 rings (SSSR count). The molecule has 0 saturated carbocycles. The van der Waals surface area contributed by atoms with Gasteiger partial charge in [-0.15, -0.1) is 0 Å². The average molecular weight is 664 g/mol. The van der Waals surface area contributed by atoms with E-state index in [4.69, 9.17) is 19.3 Å². The fourth-order valence-corrected chi connectivity index (χ4v) is 5.17. The number of amides is 2. The van der Waals surface area contributed by atoms with Crippen molar-refractivity contribution in [2.24, 2.45) is 11.8 Å². The minimum absolute atomic E-state index is 0.0100. The van der Waals surface area contributed by atoms with Crippen molar-refractivity contribution in [3.05, 3.63) is 53.6 Å². The SMILES string of the molecule is CC[C@@H](CC(=O)OCOC(=O)CCCCOP(=O)(O)O)c1ccc(N(CC(C)C)CC(C)C)c(NC(=O)Nc2ccc(C)cc2)c1. The highest BCUT2D eigenvalue weighted by molar-refractivity contribution is 7.46. The number of carbonyl (C=O) groups excluding carboxylic acids is 3. The van der Waals surface area contributed by atoms with Crippen LogP contribution in [-0.4, -0.2) is 54.2 Å². The molecule has 256 valence electrons. The van der Waals surface area contributed by atoms with Crippen LogP contribution in [0.4, 0.5) is 21.9 Å². The Balaban J connectivity index is 2.10. The molecule has 2 aromatic rings. The molecule has 0 saturated heterocycles. The van der Waals surface area contributed by atoms with Gasteiger partial charge in [-0.25, -0.2) is 9.36 Å². The summed E-state index contributed by atoms with van der Waals surface area (Å²) in [7, 11) is -4.53. The van der Waals surface area contributed by atoms with Crippen LogP contribution in [0.5, 0.6) is 0 Å². The van der Waals surface area contributed by atoms with Crippen molar-refractivity contribution in [1.29, 1.82) is 0 Å². The lowest BCUT2D eigenvalue weighted by molar-refractivity contribution is -0.167. The van der Waals surface area contributed by atoms with Crippen LogP contribution in [-0.2, 0) is 28.2 Å². The maximum absolute atomic E-state index is 13.1. The van der Waals surface area contributed by atoms with Gasteiger partial charge in [0.2, 0.25) is 6.79 Å². The summed E-state index contributed by atoms with van der Waals surface area (Å²) in [5.74, 6) is -0.565. The number of nitrogens with one attached hydrogen (secondary N) is 2. The number of hydrogen-bond acceptors (Lipinski definition) is 8. The van der Waals surface area contributed by atoms with Crippen molar-refractivity contribution >= 4 is 42.9 Å². The van der Waals surface area contributed by atoms with Gasteiger partial charge in [-0.05, 0) is 73.8 Å². The second-order valence-electron chi connectivity index (χ2n) is 12.2. The zero-order chi connectivity index (χ0) is 34.3. The first-order chi connectivity index (χ1) is 21.7. The molecule has 0 aromatic heterocycles. The van der Waals surface area contributed by atoms with E-state index < -0.39 is 26.6 Å². The van der Waals surface area contributed by atoms with Gasteiger partial charge in [0.05, 0.1) is 24.4 Å². The van der Waals surface area contributed by atoms with Crippen molar-refractivity contribution in [3.8, 4) is 0 Å². The van der Waals surface area contributed by atoms with Gasteiger partial charge in [-0.3, -0.25) is 14.1 Å². The number of nitrogens with zero attached hydrogens (tertiary/aromatic N) is 1. The molecule has 0 fully saturated rings. The Morgan fingerprint density at radius 2 is 1.52 bits per heavy atom. The zero-order valence-electron chi connectivity index (χ0n) is 27.8. The monoisotopic (exact) mass is 663 g/mol. The van der Waals surface area contributed by atoms with Crippen LogP contribution in [0.3, 0.4) is 0 Å². The molecule has 13 heteroatoms. The Morgan fingerprint density at radius 1 is 0.891 bits per heavy atom. The van der Waals surface area contributed by atoms with E-state index >= 15 is 0 Å². The summed E-state index contributed by atoms with van der Waals surface area (Å²) in [6.07, 6.45) is 1.22. The minimum Gasteiger partial charge on any atom is -0.428 e. The fraction of sp³-hybridized carbons (Fsp3) is 0.545. The summed E-state index contributed by atoms with van der Waals surface area (Å²) in [5.41, 5.74) is 4.15. The van der Waals surface area contributed by atoms with E-state index in [1.165, 1.54) is 0 Å². The van der Waals surface area contributed by atoms with Gasteiger partial charge in [0.1, 0.15) is 0 Å². The van der Waals surface area contributed by atoms with Gasteiger partial charge in [0, 0.05) is 25.2 Å². The van der Waals surface area contributed by atoms with Crippen LogP contribution < -0.4 is 15.5 Å². The van der Waals surface area contributed by atoms with Crippen molar-refractivity contribution in [3.63, 3.8) is 0 Å². The highest BCUT2D eigenvalue weighted by Gasteiger charge is 2.21. The number of esters is 2. The predicted molar refractivity (Wildman–Crippen MR) is 179 cm³/mol. The Bertz CT molecular complexity index is 1300. The number of ether oxygens (including phenoxy) is 2. The van der Waals surface area contributed by atoms with E-state index in [0.717, 1.165) is 29.9 Å². The lowest BCUT2D eigenvalue weighted by Gasteiger charge is -2.31. The van der Waals surface area contributed by atoms with Gasteiger partial charge in [-0.2, -0.15) is 0 Å². The van der Waals surface area contributed by atoms with Crippen molar-refractivity contribution in [1.82, 2.24) is 0 Å². The molecule has 46 heavy (non-hydrogen) atoms. The summed E-state index contributed by atoms with van der Waals surface area (Å²) < 4.78 is 25.1. The predicted octanol–water partition coefficient (Wildman–Crippen LogP) is 6.96.